The smallest absolute Gasteiger partial charge is 0.222 e. The van der Waals surface area contributed by atoms with E-state index in [1.54, 1.807) is 12.1 Å². The van der Waals surface area contributed by atoms with Gasteiger partial charge in [-0.1, -0.05) is 6.42 Å². The molecule has 7 nitrogen and oxygen atoms in total. The van der Waals surface area contributed by atoms with Gasteiger partial charge in [0, 0.05) is 37.9 Å². The van der Waals surface area contributed by atoms with Gasteiger partial charge in [-0.15, -0.1) is 0 Å². The van der Waals surface area contributed by atoms with Crippen molar-refractivity contribution in [1.82, 2.24) is 10.2 Å². The van der Waals surface area contributed by atoms with Gasteiger partial charge in [0.25, 0.3) is 0 Å². The molecule has 2 fully saturated rings. The number of carbonyl (C=O) groups excluding carboxylic acids is 2. The van der Waals surface area contributed by atoms with Crippen molar-refractivity contribution >= 4 is 11.8 Å². The zero-order valence-corrected chi connectivity index (χ0v) is 18.7. The van der Waals surface area contributed by atoms with Crippen LogP contribution in [0.4, 0.5) is 0 Å². The highest BCUT2D eigenvalue weighted by atomic mass is 16.5. The van der Waals surface area contributed by atoms with E-state index in [1.807, 2.05) is 11.0 Å². The van der Waals surface area contributed by atoms with Gasteiger partial charge in [0.05, 0.1) is 18.2 Å². The van der Waals surface area contributed by atoms with Gasteiger partial charge >= 0.3 is 0 Å². The minimum Gasteiger partial charge on any atom is -0.508 e. The number of hydrogen-bond donors (Lipinski definition) is 2. The third-order valence-corrected chi connectivity index (χ3v) is 6.99. The van der Waals surface area contributed by atoms with Crippen molar-refractivity contribution in [3.63, 3.8) is 0 Å². The highest BCUT2D eigenvalue weighted by molar-refractivity contribution is 5.77. The molecule has 1 aromatic carbocycles. The SMILES string of the molecule is CC(=O)NCCCCCC(=O)N1CC[C@H]2O[C@H]3c4cc(O)ccc4OC(C)(C)[C@@H]3C[C@@H]21. The quantitative estimate of drug-likeness (QED) is 0.676. The largest absolute Gasteiger partial charge is 0.508 e. The zero-order chi connectivity index (χ0) is 22.2. The topological polar surface area (TPSA) is 88.1 Å². The number of nitrogens with one attached hydrogen (secondary N) is 1. The second kappa shape index (κ2) is 8.69. The van der Waals surface area contributed by atoms with Gasteiger partial charge in [0.2, 0.25) is 11.8 Å². The van der Waals surface area contributed by atoms with Crippen LogP contribution in [0.3, 0.4) is 0 Å². The number of rotatable bonds is 6. The molecule has 2 N–H and O–H groups in total. The number of ether oxygens (including phenoxy) is 2. The zero-order valence-electron chi connectivity index (χ0n) is 18.7. The van der Waals surface area contributed by atoms with Gasteiger partial charge in [0.1, 0.15) is 17.1 Å². The van der Waals surface area contributed by atoms with Crippen molar-refractivity contribution < 1.29 is 24.2 Å². The fraction of sp³-hybridized carbons (Fsp3) is 0.667. The second-order valence-electron chi connectivity index (χ2n) is 9.60. The van der Waals surface area contributed by atoms with Crippen LogP contribution in [0.25, 0.3) is 0 Å². The Kier molecular flexibility index (Phi) is 6.15. The number of fused-ring (bicyclic) bond motifs is 4. The number of benzene rings is 1. The molecule has 0 aliphatic carbocycles. The lowest BCUT2D eigenvalue weighted by Crippen LogP contribution is -2.54. The van der Waals surface area contributed by atoms with Crippen molar-refractivity contribution in [2.45, 2.75) is 83.1 Å². The van der Waals surface area contributed by atoms with Crippen LogP contribution in [0.15, 0.2) is 18.2 Å². The number of amides is 2. The van der Waals surface area contributed by atoms with Crippen LogP contribution in [0.1, 0.15) is 71.0 Å². The summed E-state index contributed by atoms with van der Waals surface area (Å²) in [5.74, 6) is 1.28. The van der Waals surface area contributed by atoms with Crippen LogP contribution in [0.5, 0.6) is 11.5 Å². The van der Waals surface area contributed by atoms with Crippen molar-refractivity contribution in [2.24, 2.45) is 5.92 Å². The Morgan fingerprint density at radius 1 is 1.26 bits per heavy atom. The lowest BCUT2D eigenvalue weighted by molar-refractivity contribution is -0.167. The predicted octanol–water partition coefficient (Wildman–Crippen LogP) is 3.31. The molecule has 3 heterocycles. The Labute approximate surface area is 184 Å². The van der Waals surface area contributed by atoms with Crippen molar-refractivity contribution in [3.05, 3.63) is 23.8 Å². The van der Waals surface area contributed by atoms with Crippen LogP contribution >= 0.6 is 0 Å². The molecule has 2 amide bonds. The van der Waals surface area contributed by atoms with Gasteiger partial charge in [-0.05, 0) is 57.7 Å². The Bertz CT molecular complexity index is 839. The molecule has 7 heteroatoms. The summed E-state index contributed by atoms with van der Waals surface area (Å²) in [6, 6.07) is 5.29. The summed E-state index contributed by atoms with van der Waals surface area (Å²) < 4.78 is 12.8. The molecule has 1 aromatic rings. The Balaban J connectivity index is 1.39. The minimum atomic E-state index is -0.416. The molecule has 4 rings (SSSR count). The van der Waals surface area contributed by atoms with Crippen molar-refractivity contribution in [1.29, 1.82) is 0 Å². The van der Waals surface area contributed by atoms with E-state index in [0.29, 0.717) is 13.0 Å². The number of hydrogen-bond acceptors (Lipinski definition) is 5. The molecule has 4 atom stereocenters. The van der Waals surface area contributed by atoms with E-state index in [0.717, 1.165) is 50.0 Å². The third-order valence-electron chi connectivity index (χ3n) is 6.99. The summed E-state index contributed by atoms with van der Waals surface area (Å²) in [4.78, 5) is 25.9. The van der Waals surface area contributed by atoms with E-state index in [2.05, 4.69) is 19.2 Å². The first-order valence-electron chi connectivity index (χ1n) is 11.5. The summed E-state index contributed by atoms with van der Waals surface area (Å²) in [6.07, 6.45) is 4.77. The maximum Gasteiger partial charge on any atom is 0.222 e. The molecule has 0 radical (unpaired) electrons. The van der Waals surface area contributed by atoms with Crippen LogP contribution in [0, 0.1) is 5.92 Å². The molecular weight excluding hydrogens is 396 g/mol. The lowest BCUT2D eigenvalue weighted by atomic mass is 9.74. The molecule has 31 heavy (non-hydrogen) atoms. The van der Waals surface area contributed by atoms with Crippen LogP contribution < -0.4 is 10.1 Å². The Hall–Kier alpha value is -2.28. The summed E-state index contributed by atoms with van der Waals surface area (Å²) in [5, 5.41) is 12.8. The number of carbonyl (C=O) groups is 2. The first-order chi connectivity index (χ1) is 14.8. The molecule has 2 saturated heterocycles. The Morgan fingerprint density at radius 3 is 2.84 bits per heavy atom. The summed E-state index contributed by atoms with van der Waals surface area (Å²) in [6.45, 7) is 7.08. The van der Waals surface area contributed by atoms with Gasteiger partial charge in [0.15, 0.2) is 0 Å². The number of aromatic hydroxyl groups is 1. The maximum absolute atomic E-state index is 12.9. The van der Waals surface area contributed by atoms with Crippen LogP contribution in [0.2, 0.25) is 0 Å². The number of unbranched alkanes of at least 4 members (excludes halogenated alkanes) is 2. The van der Waals surface area contributed by atoms with E-state index in [-0.39, 0.29) is 41.7 Å². The standard InChI is InChI=1S/C24H34N2O5/c1-15(27)25-11-6-4-5-7-22(29)26-12-10-21-19(26)14-18-23(30-21)17-13-16(28)8-9-20(17)31-24(18,2)3/h8-9,13,18-19,21,23,28H,4-7,10-12,14H2,1-3H3,(H,25,27)/t18-,19+,21-,23+/m1/s1. The van der Waals surface area contributed by atoms with Crippen LogP contribution in [-0.2, 0) is 14.3 Å². The number of phenolic OH excluding ortho intramolecular Hbond substituents is 1. The van der Waals surface area contributed by atoms with E-state index in [4.69, 9.17) is 9.47 Å². The average molecular weight is 431 g/mol. The number of phenols is 1. The number of likely N-dealkylation sites (tertiary alicyclic amines) is 1. The molecule has 170 valence electrons. The minimum absolute atomic E-state index is 0.0118. The highest BCUT2D eigenvalue weighted by Crippen LogP contribution is 2.53. The molecule has 0 bridgehead atoms. The fourth-order valence-corrected chi connectivity index (χ4v) is 5.37. The predicted molar refractivity (Wildman–Crippen MR) is 116 cm³/mol. The monoisotopic (exact) mass is 430 g/mol. The average Bonchev–Trinajstić information content (AvgIpc) is 3.13. The van der Waals surface area contributed by atoms with E-state index < -0.39 is 5.60 Å². The first-order valence-corrected chi connectivity index (χ1v) is 11.5. The fourth-order valence-electron chi connectivity index (χ4n) is 5.37. The molecule has 0 spiro atoms. The van der Waals surface area contributed by atoms with E-state index >= 15 is 0 Å². The highest BCUT2D eigenvalue weighted by Gasteiger charge is 2.53. The van der Waals surface area contributed by atoms with E-state index in [1.165, 1.54) is 6.92 Å². The third kappa shape index (κ3) is 4.52. The van der Waals surface area contributed by atoms with Gasteiger partial charge in [-0.3, -0.25) is 9.59 Å². The normalized spacial score (nSPS) is 28.2. The first kappa shape index (κ1) is 21.9. The van der Waals surface area contributed by atoms with Gasteiger partial charge in [-0.2, -0.15) is 0 Å². The maximum atomic E-state index is 12.9. The molecule has 3 aliphatic rings. The van der Waals surface area contributed by atoms with E-state index in [9.17, 15) is 14.7 Å². The second-order valence-corrected chi connectivity index (χ2v) is 9.60. The Morgan fingerprint density at radius 2 is 2.06 bits per heavy atom. The molecule has 0 unspecified atom stereocenters. The molecule has 0 aromatic heterocycles. The van der Waals surface area contributed by atoms with Gasteiger partial charge < -0.3 is 24.8 Å². The molecule has 0 saturated carbocycles. The lowest BCUT2D eigenvalue weighted by Gasteiger charge is -2.50. The summed E-state index contributed by atoms with van der Waals surface area (Å²) >= 11 is 0. The van der Waals surface area contributed by atoms with Crippen LogP contribution in [-0.4, -0.2) is 52.7 Å². The summed E-state index contributed by atoms with van der Waals surface area (Å²) in [5.41, 5.74) is 0.493. The molecule has 3 aliphatic heterocycles. The number of nitrogens with zero attached hydrogens (tertiary/aromatic N) is 1. The molecular formula is C24H34N2O5. The van der Waals surface area contributed by atoms with Gasteiger partial charge in [-0.25, -0.2) is 0 Å². The van der Waals surface area contributed by atoms with Crippen molar-refractivity contribution in [2.75, 3.05) is 13.1 Å². The van der Waals surface area contributed by atoms with Crippen molar-refractivity contribution in [3.8, 4) is 11.5 Å². The summed E-state index contributed by atoms with van der Waals surface area (Å²) in [7, 11) is 0.